The highest BCUT2D eigenvalue weighted by atomic mass is 16.5. The molecule has 0 unspecified atom stereocenters. The molecule has 3 heteroatoms. The summed E-state index contributed by atoms with van der Waals surface area (Å²) in [6, 6.07) is 11.8. The van der Waals surface area contributed by atoms with Gasteiger partial charge in [-0.25, -0.2) is 0 Å². The van der Waals surface area contributed by atoms with Crippen molar-refractivity contribution in [3.05, 3.63) is 53.9 Å². The second kappa shape index (κ2) is 5.63. The van der Waals surface area contributed by atoms with Crippen LogP contribution in [0.1, 0.15) is 45.0 Å². The Hall–Kier alpha value is -1.87. The maximum Gasteiger partial charge on any atom is 0.145 e. The van der Waals surface area contributed by atoms with Crippen molar-refractivity contribution >= 4 is 0 Å². The third kappa shape index (κ3) is 3.36. The van der Waals surface area contributed by atoms with Crippen molar-refractivity contribution < 1.29 is 4.74 Å². The maximum absolute atomic E-state index is 5.97. The fourth-order valence-corrected chi connectivity index (χ4v) is 2.02. The Morgan fingerprint density at radius 3 is 2.35 bits per heavy atom. The van der Waals surface area contributed by atoms with E-state index in [0.717, 1.165) is 17.2 Å². The van der Waals surface area contributed by atoms with Gasteiger partial charge in [0.2, 0.25) is 0 Å². The molecule has 0 bridgehead atoms. The molecule has 0 aliphatic carbocycles. The van der Waals surface area contributed by atoms with Crippen LogP contribution in [0.25, 0.3) is 0 Å². The lowest BCUT2D eigenvalue weighted by atomic mass is 9.86. The summed E-state index contributed by atoms with van der Waals surface area (Å²) in [7, 11) is 0. The maximum atomic E-state index is 5.97. The zero-order valence-corrected chi connectivity index (χ0v) is 12.6. The van der Waals surface area contributed by atoms with Crippen LogP contribution in [0.15, 0.2) is 42.6 Å². The third-order valence-electron chi connectivity index (χ3n) is 3.15. The zero-order valence-electron chi connectivity index (χ0n) is 12.6. The SMILES string of the molecule is C[C@@H](N)c1ccc(Oc2ccccc2C(C)(C)C)cn1. The number of rotatable bonds is 3. The summed E-state index contributed by atoms with van der Waals surface area (Å²) in [5, 5.41) is 0. The highest BCUT2D eigenvalue weighted by Crippen LogP contribution is 2.33. The number of hydrogen-bond donors (Lipinski definition) is 1. The number of aromatic nitrogens is 1. The summed E-state index contributed by atoms with van der Waals surface area (Å²) < 4.78 is 5.97. The van der Waals surface area contributed by atoms with E-state index in [1.807, 2.05) is 37.3 Å². The van der Waals surface area contributed by atoms with Crippen LogP contribution in [-0.4, -0.2) is 4.98 Å². The second-order valence-corrected chi connectivity index (χ2v) is 6.06. The van der Waals surface area contributed by atoms with Gasteiger partial charge in [0.1, 0.15) is 11.5 Å². The first-order valence-electron chi connectivity index (χ1n) is 6.87. The Morgan fingerprint density at radius 1 is 1.10 bits per heavy atom. The molecule has 0 aliphatic heterocycles. The quantitative estimate of drug-likeness (QED) is 0.909. The number of para-hydroxylation sites is 1. The standard InChI is InChI=1S/C17H22N2O/c1-12(18)15-10-9-13(11-19-15)20-16-8-6-5-7-14(16)17(2,3)4/h5-12H,18H2,1-4H3/t12-/m1/s1. The van der Waals surface area contributed by atoms with Crippen molar-refractivity contribution in [2.24, 2.45) is 5.73 Å². The van der Waals surface area contributed by atoms with Crippen molar-refractivity contribution in [3.8, 4) is 11.5 Å². The van der Waals surface area contributed by atoms with Gasteiger partial charge in [0, 0.05) is 11.6 Å². The lowest BCUT2D eigenvalue weighted by Crippen LogP contribution is -2.12. The molecule has 0 fully saturated rings. The van der Waals surface area contributed by atoms with Gasteiger partial charge in [-0.2, -0.15) is 0 Å². The molecule has 3 nitrogen and oxygen atoms in total. The molecule has 0 amide bonds. The molecule has 0 saturated heterocycles. The first-order chi connectivity index (χ1) is 9.38. The van der Waals surface area contributed by atoms with Gasteiger partial charge in [-0.3, -0.25) is 4.98 Å². The van der Waals surface area contributed by atoms with Crippen molar-refractivity contribution in [3.63, 3.8) is 0 Å². The molecule has 2 aromatic rings. The summed E-state index contributed by atoms with van der Waals surface area (Å²) in [6.07, 6.45) is 1.72. The van der Waals surface area contributed by atoms with Crippen molar-refractivity contribution in [2.45, 2.75) is 39.2 Å². The Kier molecular flexibility index (Phi) is 4.09. The number of nitrogens with zero attached hydrogens (tertiary/aromatic N) is 1. The minimum Gasteiger partial charge on any atom is -0.455 e. The number of pyridine rings is 1. The molecule has 2 N–H and O–H groups in total. The smallest absolute Gasteiger partial charge is 0.145 e. The van der Waals surface area contributed by atoms with E-state index in [9.17, 15) is 0 Å². The first kappa shape index (κ1) is 14.5. The largest absolute Gasteiger partial charge is 0.455 e. The second-order valence-electron chi connectivity index (χ2n) is 6.06. The van der Waals surface area contributed by atoms with Gasteiger partial charge in [0.05, 0.1) is 11.9 Å². The summed E-state index contributed by atoms with van der Waals surface area (Å²) in [5.41, 5.74) is 7.87. The normalized spacial score (nSPS) is 13.1. The molecule has 1 heterocycles. The number of benzene rings is 1. The van der Waals surface area contributed by atoms with E-state index >= 15 is 0 Å². The van der Waals surface area contributed by atoms with Gasteiger partial charge in [0.25, 0.3) is 0 Å². The van der Waals surface area contributed by atoms with Crippen molar-refractivity contribution in [2.75, 3.05) is 0 Å². The van der Waals surface area contributed by atoms with Crippen LogP contribution in [0.3, 0.4) is 0 Å². The Balaban J connectivity index is 2.26. The number of nitrogens with two attached hydrogens (primary N) is 1. The van der Waals surface area contributed by atoms with Crippen LogP contribution >= 0.6 is 0 Å². The molecule has 2 rings (SSSR count). The van der Waals surface area contributed by atoms with Crippen LogP contribution in [0.5, 0.6) is 11.5 Å². The fourth-order valence-electron chi connectivity index (χ4n) is 2.02. The van der Waals surface area contributed by atoms with Gasteiger partial charge >= 0.3 is 0 Å². The predicted octanol–water partition coefficient (Wildman–Crippen LogP) is 4.19. The highest BCUT2D eigenvalue weighted by Gasteiger charge is 2.18. The molecular weight excluding hydrogens is 248 g/mol. The van der Waals surface area contributed by atoms with Crippen LogP contribution < -0.4 is 10.5 Å². The van der Waals surface area contributed by atoms with Crippen molar-refractivity contribution in [1.29, 1.82) is 0 Å². The van der Waals surface area contributed by atoms with Gasteiger partial charge in [-0.15, -0.1) is 0 Å². The Labute approximate surface area is 120 Å². The van der Waals surface area contributed by atoms with Gasteiger partial charge in [0.15, 0.2) is 0 Å². The minimum atomic E-state index is -0.0640. The van der Waals surface area contributed by atoms with Gasteiger partial charge in [-0.05, 0) is 30.5 Å². The molecule has 0 spiro atoms. The predicted molar refractivity (Wildman–Crippen MR) is 82.1 cm³/mol. The molecule has 1 atom stereocenters. The summed E-state index contributed by atoms with van der Waals surface area (Å²) >= 11 is 0. The van der Waals surface area contributed by atoms with Crippen LogP contribution in [0.4, 0.5) is 0 Å². The highest BCUT2D eigenvalue weighted by molar-refractivity contribution is 5.41. The lowest BCUT2D eigenvalue weighted by Gasteiger charge is -2.22. The molecule has 0 radical (unpaired) electrons. The van der Waals surface area contributed by atoms with Gasteiger partial charge in [-0.1, -0.05) is 39.0 Å². The number of hydrogen-bond acceptors (Lipinski definition) is 3. The van der Waals surface area contributed by atoms with Gasteiger partial charge < -0.3 is 10.5 Å². The molecular formula is C17H22N2O. The van der Waals surface area contributed by atoms with E-state index in [1.54, 1.807) is 6.20 Å². The summed E-state index contributed by atoms with van der Waals surface area (Å²) in [6.45, 7) is 8.43. The first-order valence-corrected chi connectivity index (χ1v) is 6.87. The minimum absolute atomic E-state index is 0.0374. The third-order valence-corrected chi connectivity index (χ3v) is 3.15. The van der Waals surface area contributed by atoms with E-state index < -0.39 is 0 Å². The van der Waals surface area contributed by atoms with E-state index in [2.05, 4.69) is 31.8 Å². The van der Waals surface area contributed by atoms with Crippen LogP contribution in [-0.2, 0) is 5.41 Å². The zero-order chi connectivity index (χ0) is 14.8. The number of ether oxygens (including phenoxy) is 1. The average Bonchev–Trinajstić information content (AvgIpc) is 2.38. The van der Waals surface area contributed by atoms with Crippen LogP contribution in [0.2, 0.25) is 0 Å². The fraction of sp³-hybridized carbons (Fsp3) is 0.353. The Bertz CT molecular complexity index is 568. The molecule has 0 saturated carbocycles. The monoisotopic (exact) mass is 270 g/mol. The topological polar surface area (TPSA) is 48.1 Å². The molecule has 1 aromatic carbocycles. The van der Waals surface area contributed by atoms with E-state index in [4.69, 9.17) is 10.5 Å². The molecule has 20 heavy (non-hydrogen) atoms. The Morgan fingerprint density at radius 2 is 1.80 bits per heavy atom. The lowest BCUT2D eigenvalue weighted by molar-refractivity contribution is 0.453. The summed E-state index contributed by atoms with van der Waals surface area (Å²) in [5.74, 6) is 1.60. The summed E-state index contributed by atoms with van der Waals surface area (Å²) in [4.78, 5) is 4.32. The van der Waals surface area contributed by atoms with E-state index in [-0.39, 0.29) is 11.5 Å². The van der Waals surface area contributed by atoms with E-state index in [1.165, 1.54) is 5.56 Å². The van der Waals surface area contributed by atoms with E-state index in [0.29, 0.717) is 0 Å². The van der Waals surface area contributed by atoms with Crippen LogP contribution in [0, 0.1) is 0 Å². The molecule has 106 valence electrons. The molecule has 0 aliphatic rings. The van der Waals surface area contributed by atoms with Crippen molar-refractivity contribution in [1.82, 2.24) is 4.98 Å². The molecule has 1 aromatic heterocycles. The average molecular weight is 270 g/mol.